The van der Waals surface area contributed by atoms with Gasteiger partial charge in [-0.2, -0.15) is 5.10 Å². The van der Waals surface area contributed by atoms with Crippen molar-refractivity contribution in [3.05, 3.63) is 90.0 Å². The molecular weight excluding hydrogens is 450 g/mol. The second-order valence-corrected chi connectivity index (χ2v) is 7.29. The maximum absolute atomic E-state index is 13.0. The van der Waals surface area contributed by atoms with Crippen LogP contribution in [0.25, 0.3) is 5.69 Å². The first-order chi connectivity index (χ1) is 17.1. The highest BCUT2D eigenvalue weighted by Crippen LogP contribution is 2.23. The molecule has 4 rings (SSSR count). The Morgan fingerprint density at radius 2 is 1.63 bits per heavy atom. The summed E-state index contributed by atoms with van der Waals surface area (Å²) in [5, 5.41) is 6.99. The Kier molecular flexibility index (Phi) is 7.47. The highest BCUT2D eigenvalue weighted by atomic mass is 16.5. The molecule has 2 heterocycles. The molecule has 2 aromatic carbocycles. The average molecular weight is 476 g/mol. The van der Waals surface area contributed by atoms with Gasteiger partial charge in [0.15, 0.2) is 11.6 Å². The van der Waals surface area contributed by atoms with Crippen LogP contribution in [-0.4, -0.2) is 34.9 Å². The lowest BCUT2D eigenvalue weighted by molar-refractivity contribution is 0.0527. The number of hydrogen-bond donors (Lipinski definition) is 1. The molecule has 0 aliphatic carbocycles. The number of amides is 1. The maximum Gasteiger partial charge on any atom is 0.343 e. The molecule has 9 heteroatoms. The Bertz CT molecular complexity index is 1280. The lowest BCUT2D eigenvalue weighted by Gasteiger charge is -2.10. The number of nitrogens with one attached hydrogen (secondary N) is 1. The Hall–Kier alpha value is -4.53. The van der Waals surface area contributed by atoms with Gasteiger partial charge in [0.2, 0.25) is 0 Å². The van der Waals surface area contributed by atoms with Gasteiger partial charge in [-0.15, -0.1) is 0 Å². The molecule has 9 nitrogen and oxygen atoms in total. The molecule has 0 bridgehead atoms. The SMILES string of the molecule is CCOC(=O)c1cnn(-c2ccccc2)c1NC(=O)c1ccc(COc2ccc(OCC)cc2)o1. The quantitative estimate of drug-likeness (QED) is 0.326. The molecule has 0 aliphatic rings. The third-order valence-electron chi connectivity index (χ3n) is 4.90. The monoisotopic (exact) mass is 475 g/mol. The van der Waals surface area contributed by atoms with E-state index in [0.717, 1.165) is 5.75 Å². The molecule has 0 fully saturated rings. The van der Waals surface area contributed by atoms with Gasteiger partial charge >= 0.3 is 5.97 Å². The van der Waals surface area contributed by atoms with Gasteiger partial charge < -0.3 is 23.9 Å². The molecule has 1 amide bonds. The van der Waals surface area contributed by atoms with E-state index in [1.54, 1.807) is 43.3 Å². The molecule has 0 saturated carbocycles. The van der Waals surface area contributed by atoms with Gasteiger partial charge in [-0.25, -0.2) is 9.48 Å². The van der Waals surface area contributed by atoms with Crippen molar-refractivity contribution in [2.24, 2.45) is 0 Å². The number of carbonyl (C=O) groups is 2. The summed E-state index contributed by atoms with van der Waals surface area (Å²) >= 11 is 0. The molecule has 180 valence electrons. The smallest absolute Gasteiger partial charge is 0.343 e. The largest absolute Gasteiger partial charge is 0.494 e. The fraction of sp³-hybridized carbons (Fsp3) is 0.192. The number of ether oxygens (including phenoxy) is 3. The predicted octanol–water partition coefficient (Wildman–Crippen LogP) is 4.87. The van der Waals surface area contributed by atoms with E-state index in [1.165, 1.54) is 10.9 Å². The summed E-state index contributed by atoms with van der Waals surface area (Å²) in [6, 6.07) is 19.6. The first-order valence-electron chi connectivity index (χ1n) is 11.1. The number of furan rings is 1. The molecule has 0 unspecified atom stereocenters. The first kappa shape index (κ1) is 23.6. The van der Waals surface area contributed by atoms with E-state index < -0.39 is 11.9 Å². The molecule has 0 saturated heterocycles. The van der Waals surface area contributed by atoms with E-state index in [4.69, 9.17) is 18.6 Å². The van der Waals surface area contributed by atoms with Crippen molar-refractivity contribution in [3.8, 4) is 17.2 Å². The van der Waals surface area contributed by atoms with E-state index >= 15 is 0 Å². The number of esters is 1. The van der Waals surface area contributed by atoms with E-state index in [1.807, 2.05) is 37.3 Å². The van der Waals surface area contributed by atoms with Crippen LogP contribution in [0.15, 0.2) is 77.3 Å². The fourth-order valence-corrected chi connectivity index (χ4v) is 3.29. The Morgan fingerprint density at radius 1 is 0.914 bits per heavy atom. The third-order valence-corrected chi connectivity index (χ3v) is 4.90. The van der Waals surface area contributed by atoms with Crippen molar-refractivity contribution < 1.29 is 28.2 Å². The number of carbonyl (C=O) groups excluding carboxylic acids is 2. The summed E-state index contributed by atoms with van der Waals surface area (Å²) in [6.45, 7) is 4.54. The van der Waals surface area contributed by atoms with E-state index in [-0.39, 0.29) is 30.4 Å². The molecule has 35 heavy (non-hydrogen) atoms. The zero-order chi connectivity index (χ0) is 24.6. The van der Waals surface area contributed by atoms with Crippen molar-refractivity contribution in [2.45, 2.75) is 20.5 Å². The van der Waals surface area contributed by atoms with Gasteiger partial charge in [-0.05, 0) is 62.4 Å². The molecule has 0 spiro atoms. The van der Waals surface area contributed by atoms with Crippen molar-refractivity contribution in [1.82, 2.24) is 9.78 Å². The minimum absolute atomic E-state index is 0.0610. The molecular formula is C26H25N3O6. The number of benzene rings is 2. The normalized spacial score (nSPS) is 10.6. The minimum atomic E-state index is -0.589. The summed E-state index contributed by atoms with van der Waals surface area (Å²) in [6.07, 6.45) is 1.36. The van der Waals surface area contributed by atoms with Crippen molar-refractivity contribution in [3.63, 3.8) is 0 Å². The lowest BCUT2D eigenvalue weighted by Crippen LogP contribution is -2.17. The highest BCUT2D eigenvalue weighted by molar-refractivity contribution is 6.06. The van der Waals surface area contributed by atoms with Crippen LogP contribution in [-0.2, 0) is 11.3 Å². The summed E-state index contributed by atoms with van der Waals surface area (Å²) in [7, 11) is 0. The summed E-state index contributed by atoms with van der Waals surface area (Å²) < 4.78 is 23.4. The van der Waals surface area contributed by atoms with Crippen LogP contribution in [0.3, 0.4) is 0 Å². The number of anilines is 1. The van der Waals surface area contributed by atoms with Gasteiger partial charge in [0.05, 0.1) is 25.1 Å². The molecule has 0 aliphatic heterocycles. The Labute approximate surface area is 202 Å². The molecule has 2 aromatic heterocycles. The number of para-hydroxylation sites is 1. The summed E-state index contributed by atoms with van der Waals surface area (Å²) in [5.41, 5.74) is 0.803. The zero-order valence-corrected chi connectivity index (χ0v) is 19.4. The standard InChI is InChI=1S/C26H25N3O6/c1-3-32-19-10-12-20(13-11-19)34-17-21-14-15-23(35-21)25(30)28-24-22(26(31)33-4-2)16-27-29(24)18-8-6-5-7-9-18/h5-16H,3-4,17H2,1-2H3,(H,28,30). The Balaban J connectivity index is 1.48. The minimum Gasteiger partial charge on any atom is -0.494 e. The average Bonchev–Trinajstić information content (AvgIpc) is 3.52. The highest BCUT2D eigenvalue weighted by Gasteiger charge is 2.23. The van der Waals surface area contributed by atoms with E-state index in [2.05, 4.69) is 10.4 Å². The van der Waals surface area contributed by atoms with E-state index in [9.17, 15) is 9.59 Å². The second kappa shape index (κ2) is 11.1. The van der Waals surface area contributed by atoms with Crippen LogP contribution in [0, 0.1) is 0 Å². The van der Waals surface area contributed by atoms with Crippen molar-refractivity contribution >= 4 is 17.7 Å². The van der Waals surface area contributed by atoms with Gasteiger partial charge in [0.25, 0.3) is 5.91 Å². The number of nitrogens with zero attached hydrogens (tertiary/aromatic N) is 2. The maximum atomic E-state index is 13.0. The van der Waals surface area contributed by atoms with Gasteiger partial charge in [0, 0.05) is 0 Å². The van der Waals surface area contributed by atoms with Crippen LogP contribution in [0.4, 0.5) is 5.82 Å². The third kappa shape index (κ3) is 5.70. The predicted molar refractivity (Wildman–Crippen MR) is 128 cm³/mol. The number of aromatic nitrogens is 2. The van der Waals surface area contributed by atoms with Crippen LogP contribution in [0.5, 0.6) is 11.5 Å². The Morgan fingerprint density at radius 3 is 2.31 bits per heavy atom. The zero-order valence-electron chi connectivity index (χ0n) is 19.4. The van der Waals surface area contributed by atoms with Crippen LogP contribution in [0.1, 0.15) is 40.5 Å². The number of hydrogen-bond acceptors (Lipinski definition) is 7. The summed E-state index contributed by atoms with van der Waals surface area (Å²) in [4.78, 5) is 25.4. The van der Waals surface area contributed by atoms with Crippen molar-refractivity contribution in [2.75, 3.05) is 18.5 Å². The fourth-order valence-electron chi connectivity index (χ4n) is 3.29. The van der Waals surface area contributed by atoms with Crippen LogP contribution >= 0.6 is 0 Å². The van der Waals surface area contributed by atoms with Crippen LogP contribution in [0.2, 0.25) is 0 Å². The van der Waals surface area contributed by atoms with Crippen molar-refractivity contribution in [1.29, 1.82) is 0 Å². The van der Waals surface area contributed by atoms with E-state index in [0.29, 0.717) is 23.8 Å². The van der Waals surface area contributed by atoms with Crippen LogP contribution < -0.4 is 14.8 Å². The van der Waals surface area contributed by atoms with Gasteiger partial charge in [0.1, 0.15) is 29.4 Å². The first-order valence-corrected chi connectivity index (χ1v) is 11.1. The van der Waals surface area contributed by atoms with Gasteiger partial charge in [-0.3, -0.25) is 4.79 Å². The molecule has 0 radical (unpaired) electrons. The molecule has 0 atom stereocenters. The summed E-state index contributed by atoms with van der Waals surface area (Å²) in [5.74, 6) is 0.977. The number of rotatable bonds is 10. The van der Waals surface area contributed by atoms with Gasteiger partial charge in [-0.1, -0.05) is 18.2 Å². The molecule has 4 aromatic rings. The molecule has 1 N–H and O–H groups in total. The topological polar surface area (TPSA) is 105 Å². The second-order valence-electron chi connectivity index (χ2n) is 7.29. The lowest BCUT2D eigenvalue weighted by atomic mass is 10.3.